The van der Waals surface area contributed by atoms with Gasteiger partial charge in [0, 0.05) is 13.8 Å². The SMILES string of the molecule is C=CCOC(=O)C(C)OP(C)(=O)OC. The zero-order valence-electron chi connectivity index (χ0n) is 8.56. The third-order valence-electron chi connectivity index (χ3n) is 1.36. The minimum absolute atomic E-state index is 0.105. The number of hydrogen-bond donors (Lipinski definition) is 0. The Bertz CT molecular complexity index is 250. The van der Waals surface area contributed by atoms with E-state index in [2.05, 4.69) is 15.8 Å². The molecule has 0 aromatic heterocycles. The molecule has 0 spiro atoms. The first-order chi connectivity index (χ1) is 6.43. The molecule has 0 radical (unpaired) electrons. The Balaban J connectivity index is 4.07. The lowest BCUT2D eigenvalue weighted by molar-refractivity contribution is -0.150. The van der Waals surface area contributed by atoms with Gasteiger partial charge in [0.2, 0.25) is 0 Å². The number of rotatable bonds is 6. The van der Waals surface area contributed by atoms with Crippen LogP contribution in [0.2, 0.25) is 0 Å². The maximum atomic E-state index is 11.3. The Morgan fingerprint density at radius 1 is 1.64 bits per heavy atom. The van der Waals surface area contributed by atoms with Crippen molar-refractivity contribution in [1.82, 2.24) is 0 Å². The van der Waals surface area contributed by atoms with E-state index in [0.717, 1.165) is 0 Å². The number of esters is 1. The van der Waals surface area contributed by atoms with Gasteiger partial charge in [-0.15, -0.1) is 0 Å². The van der Waals surface area contributed by atoms with Crippen LogP contribution in [0.1, 0.15) is 6.92 Å². The molecule has 0 fully saturated rings. The van der Waals surface area contributed by atoms with Crippen LogP contribution in [-0.2, 0) is 23.1 Å². The van der Waals surface area contributed by atoms with E-state index in [9.17, 15) is 9.36 Å². The predicted molar refractivity (Wildman–Crippen MR) is 52.2 cm³/mol. The van der Waals surface area contributed by atoms with Crippen molar-refractivity contribution in [3.8, 4) is 0 Å². The smallest absolute Gasteiger partial charge is 0.335 e. The molecule has 82 valence electrons. The number of hydrogen-bond acceptors (Lipinski definition) is 5. The summed E-state index contributed by atoms with van der Waals surface area (Å²) in [6.07, 6.45) is 0.526. The quantitative estimate of drug-likeness (QED) is 0.388. The van der Waals surface area contributed by atoms with Crippen LogP contribution in [0.5, 0.6) is 0 Å². The Kier molecular flexibility index (Phi) is 5.69. The Morgan fingerprint density at radius 3 is 2.64 bits per heavy atom. The van der Waals surface area contributed by atoms with E-state index in [1.807, 2.05) is 0 Å². The van der Waals surface area contributed by atoms with Crippen LogP contribution in [0.3, 0.4) is 0 Å². The third kappa shape index (κ3) is 5.17. The molecule has 5 nitrogen and oxygen atoms in total. The van der Waals surface area contributed by atoms with Crippen LogP contribution in [0, 0.1) is 0 Å². The molecule has 0 saturated heterocycles. The van der Waals surface area contributed by atoms with Gasteiger partial charge in [-0.25, -0.2) is 4.79 Å². The first kappa shape index (κ1) is 13.4. The van der Waals surface area contributed by atoms with Crippen LogP contribution in [-0.4, -0.2) is 32.5 Å². The first-order valence-corrected chi connectivity index (χ1v) is 6.01. The van der Waals surface area contributed by atoms with E-state index in [-0.39, 0.29) is 6.61 Å². The highest BCUT2D eigenvalue weighted by atomic mass is 31.2. The second-order valence-corrected chi connectivity index (χ2v) is 4.74. The van der Waals surface area contributed by atoms with Gasteiger partial charge in [-0.3, -0.25) is 9.09 Å². The van der Waals surface area contributed by atoms with Crippen LogP contribution in [0.15, 0.2) is 12.7 Å². The molecule has 0 aliphatic rings. The van der Waals surface area contributed by atoms with Crippen LogP contribution >= 0.6 is 7.60 Å². The second-order valence-electron chi connectivity index (χ2n) is 2.62. The summed E-state index contributed by atoms with van der Waals surface area (Å²) in [5, 5.41) is 0. The van der Waals surface area contributed by atoms with Gasteiger partial charge in [-0.2, -0.15) is 0 Å². The molecule has 0 aliphatic heterocycles. The molecule has 0 rings (SSSR count). The van der Waals surface area contributed by atoms with Crippen molar-refractivity contribution >= 4 is 13.6 Å². The molecule has 0 aromatic rings. The lowest BCUT2D eigenvalue weighted by Crippen LogP contribution is -2.22. The van der Waals surface area contributed by atoms with Crippen molar-refractivity contribution in [1.29, 1.82) is 0 Å². The van der Waals surface area contributed by atoms with Crippen molar-refractivity contribution in [2.24, 2.45) is 0 Å². The fourth-order valence-electron chi connectivity index (χ4n) is 0.632. The topological polar surface area (TPSA) is 61.8 Å². The molecule has 0 N–H and O–H groups in total. The largest absolute Gasteiger partial charge is 0.460 e. The van der Waals surface area contributed by atoms with E-state index in [1.54, 1.807) is 0 Å². The highest BCUT2D eigenvalue weighted by molar-refractivity contribution is 7.53. The summed E-state index contributed by atoms with van der Waals surface area (Å²) in [5.74, 6) is -0.593. The average molecular weight is 222 g/mol. The molecule has 0 aromatic carbocycles. The standard InChI is InChI=1S/C8H15O5P/c1-5-6-12-8(9)7(2)13-14(4,10)11-3/h5,7H,1,6H2,2-4H3. The van der Waals surface area contributed by atoms with E-state index in [1.165, 1.54) is 26.8 Å². The number of ether oxygens (including phenoxy) is 1. The molecule has 14 heavy (non-hydrogen) atoms. The van der Waals surface area contributed by atoms with E-state index >= 15 is 0 Å². The highest BCUT2D eigenvalue weighted by Crippen LogP contribution is 2.43. The Morgan fingerprint density at radius 2 is 2.21 bits per heavy atom. The molecule has 0 bridgehead atoms. The van der Waals surface area contributed by atoms with Crippen LogP contribution < -0.4 is 0 Å². The molecular formula is C8H15O5P. The van der Waals surface area contributed by atoms with Gasteiger partial charge in [0.05, 0.1) is 0 Å². The Labute approximate surface area is 83.6 Å². The zero-order chi connectivity index (χ0) is 11.2. The third-order valence-corrected chi connectivity index (χ3v) is 2.72. The van der Waals surface area contributed by atoms with E-state index < -0.39 is 19.7 Å². The Hall–Kier alpha value is -0.640. The maximum Gasteiger partial charge on any atom is 0.335 e. The highest BCUT2D eigenvalue weighted by Gasteiger charge is 2.24. The lowest BCUT2D eigenvalue weighted by Gasteiger charge is -2.16. The molecule has 0 aliphatic carbocycles. The minimum atomic E-state index is -3.14. The molecule has 2 unspecified atom stereocenters. The fraction of sp³-hybridized carbons (Fsp3) is 0.625. The van der Waals surface area contributed by atoms with Crippen molar-refractivity contribution in [3.63, 3.8) is 0 Å². The summed E-state index contributed by atoms with van der Waals surface area (Å²) in [5.41, 5.74) is 0. The van der Waals surface area contributed by atoms with Crippen LogP contribution in [0.25, 0.3) is 0 Å². The first-order valence-electron chi connectivity index (χ1n) is 4.02. The fourth-order valence-corrected chi connectivity index (χ4v) is 1.38. The average Bonchev–Trinajstić information content (AvgIpc) is 2.13. The van der Waals surface area contributed by atoms with Gasteiger partial charge in [0.1, 0.15) is 6.61 Å². The number of carbonyl (C=O) groups is 1. The van der Waals surface area contributed by atoms with Gasteiger partial charge >= 0.3 is 13.6 Å². The van der Waals surface area contributed by atoms with E-state index in [0.29, 0.717) is 0 Å². The molecule has 6 heteroatoms. The summed E-state index contributed by atoms with van der Waals surface area (Å²) in [7, 11) is -1.89. The molecular weight excluding hydrogens is 207 g/mol. The van der Waals surface area contributed by atoms with E-state index in [4.69, 9.17) is 4.52 Å². The van der Waals surface area contributed by atoms with Crippen molar-refractivity contribution in [2.75, 3.05) is 20.4 Å². The van der Waals surface area contributed by atoms with Crippen molar-refractivity contribution in [2.45, 2.75) is 13.0 Å². The summed E-state index contributed by atoms with van der Waals surface area (Å²) in [6.45, 7) is 6.22. The lowest BCUT2D eigenvalue weighted by atomic mass is 10.4. The van der Waals surface area contributed by atoms with Gasteiger partial charge < -0.3 is 9.26 Å². The molecule has 2 atom stereocenters. The predicted octanol–water partition coefficient (Wildman–Crippen LogP) is 1.59. The summed E-state index contributed by atoms with van der Waals surface area (Å²) in [6, 6.07) is 0. The van der Waals surface area contributed by atoms with Crippen molar-refractivity contribution < 1.29 is 23.1 Å². The summed E-state index contributed by atoms with van der Waals surface area (Å²) >= 11 is 0. The summed E-state index contributed by atoms with van der Waals surface area (Å²) < 4.78 is 25.4. The molecule has 0 saturated carbocycles. The van der Waals surface area contributed by atoms with Gasteiger partial charge in [-0.1, -0.05) is 12.7 Å². The van der Waals surface area contributed by atoms with Crippen molar-refractivity contribution in [3.05, 3.63) is 12.7 Å². The molecule has 0 amide bonds. The maximum absolute atomic E-state index is 11.3. The monoisotopic (exact) mass is 222 g/mol. The van der Waals surface area contributed by atoms with Gasteiger partial charge in [0.25, 0.3) is 0 Å². The zero-order valence-corrected chi connectivity index (χ0v) is 9.45. The second kappa shape index (κ2) is 5.96. The van der Waals surface area contributed by atoms with Gasteiger partial charge in [-0.05, 0) is 6.92 Å². The van der Waals surface area contributed by atoms with Crippen LogP contribution in [0.4, 0.5) is 0 Å². The minimum Gasteiger partial charge on any atom is -0.460 e. The number of carbonyl (C=O) groups excluding carboxylic acids is 1. The normalized spacial score (nSPS) is 16.8. The summed E-state index contributed by atoms with van der Waals surface area (Å²) in [4.78, 5) is 11.1. The van der Waals surface area contributed by atoms with Gasteiger partial charge in [0.15, 0.2) is 6.10 Å². The molecule has 0 heterocycles.